The molecule has 118 valence electrons. The van der Waals surface area contributed by atoms with E-state index in [4.69, 9.17) is 5.11 Å². The zero-order valence-electron chi connectivity index (χ0n) is 12.4. The lowest BCUT2D eigenvalue weighted by Crippen LogP contribution is -2.40. The third-order valence-corrected chi connectivity index (χ3v) is 4.08. The van der Waals surface area contributed by atoms with Gasteiger partial charge in [0.2, 0.25) is 5.91 Å². The van der Waals surface area contributed by atoms with Gasteiger partial charge in [0.25, 0.3) is 0 Å². The number of hydrogen-bond donors (Lipinski definition) is 3. The minimum Gasteiger partial charge on any atom is -0.481 e. The van der Waals surface area contributed by atoms with Crippen molar-refractivity contribution in [2.45, 2.75) is 32.7 Å². The maximum atomic E-state index is 12.1. The Morgan fingerprint density at radius 1 is 1.41 bits per heavy atom. The Morgan fingerprint density at radius 3 is 2.86 bits per heavy atom. The highest BCUT2D eigenvalue weighted by Gasteiger charge is 2.18. The predicted octanol–water partition coefficient (Wildman–Crippen LogP) is 1.78. The number of anilines is 1. The van der Waals surface area contributed by atoms with Crippen LogP contribution < -0.4 is 10.6 Å². The first kappa shape index (κ1) is 16.2. The van der Waals surface area contributed by atoms with Crippen LogP contribution in [0.5, 0.6) is 0 Å². The molecule has 0 fully saturated rings. The summed E-state index contributed by atoms with van der Waals surface area (Å²) in [6.07, 6.45) is 1.94. The van der Waals surface area contributed by atoms with Crippen LogP contribution in [0, 0.1) is 6.92 Å². The molecule has 1 atom stereocenters. The average Bonchev–Trinajstić information content (AvgIpc) is 2.85. The molecule has 0 aliphatic heterocycles. The molecule has 0 aliphatic carbocycles. The molecule has 8 heteroatoms. The van der Waals surface area contributed by atoms with Gasteiger partial charge in [-0.05, 0) is 19.4 Å². The Bertz CT molecular complexity index is 686. The van der Waals surface area contributed by atoms with E-state index in [0.717, 1.165) is 15.1 Å². The minimum absolute atomic E-state index is 0.0936. The molecule has 0 aromatic carbocycles. The summed E-state index contributed by atoms with van der Waals surface area (Å²) in [6, 6.07) is 1.52. The van der Waals surface area contributed by atoms with E-state index in [0.29, 0.717) is 12.2 Å². The quantitative estimate of drug-likeness (QED) is 0.718. The summed E-state index contributed by atoms with van der Waals surface area (Å²) in [7, 11) is 0. The van der Waals surface area contributed by atoms with Gasteiger partial charge in [-0.3, -0.25) is 9.59 Å². The summed E-state index contributed by atoms with van der Waals surface area (Å²) in [5.74, 6) is -0.551. The molecule has 0 bridgehead atoms. The van der Waals surface area contributed by atoms with Gasteiger partial charge in [-0.15, -0.1) is 11.3 Å². The number of amides is 1. The number of rotatable bonds is 7. The second-order valence-electron chi connectivity index (χ2n) is 4.84. The van der Waals surface area contributed by atoms with Crippen LogP contribution in [0.1, 0.15) is 24.6 Å². The van der Waals surface area contributed by atoms with Crippen molar-refractivity contribution in [1.82, 2.24) is 15.3 Å². The zero-order valence-corrected chi connectivity index (χ0v) is 13.2. The van der Waals surface area contributed by atoms with E-state index in [-0.39, 0.29) is 18.9 Å². The molecule has 3 N–H and O–H groups in total. The van der Waals surface area contributed by atoms with Crippen molar-refractivity contribution in [1.29, 1.82) is 0 Å². The number of fused-ring (bicyclic) bond motifs is 1. The van der Waals surface area contributed by atoms with E-state index in [1.807, 2.05) is 19.9 Å². The maximum absolute atomic E-state index is 12.1. The van der Waals surface area contributed by atoms with Gasteiger partial charge in [0.05, 0.1) is 11.8 Å². The third-order valence-electron chi connectivity index (χ3n) is 3.13. The van der Waals surface area contributed by atoms with Crippen LogP contribution in [0.2, 0.25) is 0 Å². The molecule has 2 aromatic rings. The number of carboxylic acids is 1. The second-order valence-corrected chi connectivity index (χ2v) is 6.07. The first-order chi connectivity index (χ1) is 10.5. The SMILES string of the molecule is CCC(Nc1ncnc2sc(C)cc12)C(=O)NCCC(=O)O. The van der Waals surface area contributed by atoms with E-state index in [1.165, 1.54) is 6.33 Å². The zero-order chi connectivity index (χ0) is 16.1. The monoisotopic (exact) mass is 322 g/mol. The Morgan fingerprint density at radius 2 is 2.18 bits per heavy atom. The number of carbonyl (C=O) groups excluding carboxylic acids is 1. The molecule has 0 radical (unpaired) electrons. The molecule has 0 saturated heterocycles. The second kappa shape index (κ2) is 7.17. The van der Waals surface area contributed by atoms with Gasteiger partial charge in [0.15, 0.2) is 0 Å². The number of thiophene rings is 1. The van der Waals surface area contributed by atoms with Gasteiger partial charge in [-0.25, -0.2) is 9.97 Å². The molecule has 0 saturated carbocycles. The Kier molecular flexibility index (Phi) is 5.26. The highest BCUT2D eigenvalue weighted by Crippen LogP contribution is 2.27. The topological polar surface area (TPSA) is 104 Å². The van der Waals surface area contributed by atoms with Crippen LogP contribution in [0.3, 0.4) is 0 Å². The van der Waals surface area contributed by atoms with E-state index in [1.54, 1.807) is 11.3 Å². The number of carbonyl (C=O) groups is 2. The number of aryl methyl sites for hydroxylation is 1. The Balaban J connectivity index is 2.08. The molecule has 2 heterocycles. The summed E-state index contributed by atoms with van der Waals surface area (Å²) in [6.45, 7) is 3.99. The maximum Gasteiger partial charge on any atom is 0.305 e. The normalized spacial score (nSPS) is 12.1. The van der Waals surface area contributed by atoms with Crippen LogP contribution in [-0.4, -0.2) is 39.5 Å². The smallest absolute Gasteiger partial charge is 0.305 e. The summed E-state index contributed by atoms with van der Waals surface area (Å²) in [4.78, 5) is 33.0. The molecule has 22 heavy (non-hydrogen) atoms. The van der Waals surface area contributed by atoms with Crippen molar-refractivity contribution in [3.8, 4) is 0 Å². The van der Waals surface area contributed by atoms with Crippen LogP contribution >= 0.6 is 11.3 Å². The minimum atomic E-state index is -0.937. The number of nitrogens with zero attached hydrogens (tertiary/aromatic N) is 2. The van der Waals surface area contributed by atoms with Gasteiger partial charge in [-0.2, -0.15) is 0 Å². The van der Waals surface area contributed by atoms with Crippen LogP contribution in [-0.2, 0) is 9.59 Å². The van der Waals surface area contributed by atoms with Gasteiger partial charge in [0.1, 0.15) is 23.0 Å². The number of aliphatic carboxylic acids is 1. The van der Waals surface area contributed by atoms with E-state index < -0.39 is 12.0 Å². The standard InChI is InChI=1S/C14H18N4O3S/c1-3-10(13(21)15-5-4-11(19)20)18-12-9-6-8(2)22-14(9)17-7-16-12/h6-7,10H,3-5H2,1-2H3,(H,15,21)(H,19,20)(H,16,17,18). The summed E-state index contributed by atoms with van der Waals surface area (Å²) < 4.78 is 0. The van der Waals surface area contributed by atoms with E-state index >= 15 is 0 Å². The summed E-state index contributed by atoms with van der Waals surface area (Å²) in [5.41, 5.74) is 0. The lowest BCUT2D eigenvalue weighted by Gasteiger charge is -2.17. The molecular formula is C14H18N4O3S. The molecule has 0 spiro atoms. The van der Waals surface area contributed by atoms with E-state index in [9.17, 15) is 9.59 Å². The van der Waals surface area contributed by atoms with Crippen molar-refractivity contribution in [2.24, 2.45) is 0 Å². The van der Waals surface area contributed by atoms with Crippen LogP contribution in [0.25, 0.3) is 10.2 Å². The van der Waals surface area contributed by atoms with Gasteiger partial charge in [0, 0.05) is 11.4 Å². The largest absolute Gasteiger partial charge is 0.481 e. The van der Waals surface area contributed by atoms with Crippen molar-refractivity contribution in [3.63, 3.8) is 0 Å². The third kappa shape index (κ3) is 3.91. The lowest BCUT2D eigenvalue weighted by molar-refractivity contribution is -0.136. The fourth-order valence-corrected chi connectivity index (χ4v) is 2.87. The highest BCUT2D eigenvalue weighted by molar-refractivity contribution is 7.18. The Hall–Kier alpha value is -2.22. The number of nitrogens with one attached hydrogen (secondary N) is 2. The number of hydrogen-bond acceptors (Lipinski definition) is 6. The van der Waals surface area contributed by atoms with Crippen molar-refractivity contribution in [2.75, 3.05) is 11.9 Å². The van der Waals surface area contributed by atoms with Crippen molar-refractivity contribution < 1.29 is 14.7 Å². The molecule has 2 aromatic heterocycles. The fraction of sp³-hybridized carbons (Fsp3) is 0.429. The molecule has 2 rings (SSSR count). The van der Waals surface area contributed by atoms with Gasteiger partial charge < -0.3 is 15.7 Å². The van der Waals surface area contributed by atoms with Gasteiger partial charge in [-0.1, -0.05) is 6.92 Å². The van der Waals surface area contributed by atoms with Crippen LogP contribution in [0.15, 0.2) is 12.4 Å². The molecule has 1 amide bonds. The van der Waals surface area contributed by atoms with Crippen molar-refractivity contribution in [3.05, 3.63) is 17.3 Å². The van der Waals surface area contributed by atoms with Crippen molar-refractivity contribution >= 4 is 39.2 Å². The molecular weight excluding hydrogens is 304 g/mol. The number of carboxylic acid groups (broad SMARTS) is 1. The predicted molar refractivity (Wildman–Crippen MR) is 85.1 cm³/mol. The lowest BCUT2D eigenvalue weighted by atomic mass is 10.2. The summed E-state index contributed by atoms with van der Waals surface area (Å²) in [5, 5.41) is 15.2. The van der Waals surface area contributed by atoms with Gasteiger partial charge >= 0.3 is 5.97 Å². The molecule has 7 nitrogen and oxygen atoms in total. The average molecular weight is 322 g/mol. The van der Waals surface area contributed by atoms with Crippen LogP contribution in [0.4, 0.5) is 5.82 Å². The van der Waals surface area contributed by atoms with E-state index in [2.05, 4.69) is 20.6 Å². The number of aromatic nitrogens is 2. The Labute approximate surface area is 131 Å². The first-order valence-electron chi connectivity index (χ1n) is 6.98. The first-order valence-corrected chi connectivity index (χ1v) is 7.80. The fourth-order valence-electron chi connectivity index (χ4n) is 2.02. The summed E-state index contributed by atoms with van der Waals surface area (Å²) >= 11 is 1.57. The molecule has 1 unspecified atom stereocenters. The molecule has 0 aliphatic rings. The highest BCUT2D eigenvalue weighted by atomic mass is 32.1.